The molecule has 0 aliphatic rings. The lowest BCUT2D eigenvalue weighted by Crippen LogP contribution is -2.43. The number of guanidine groups is 1. The summed E-state index contributed by atoms with van der Waals surface area (Å²) in [6.07, 6.45) is 1.14. The van der Waals surface area contributed by atoms with E-state index in [0.717, 1.165) is 26.1 Å². The minimum atomic E-state index is -0.236. The van der Waals surface area contributed by atoms with E-state index in [1.54, 1.807) is 0 Å². The van der Waals surface area contributed by atoms with Crippen LogP contribution in [-0.2, 0) is 9.53 Å². The van der Waals surface area contributed by atoms with Crippen LogP contribution < -0.4 is 16.0 Å². The van der Waals surface area contributed by atoms with Crippen molar-refractivity contribution >= 4 is 11.9 Å². The SMILES string of the molecule is CCNC(=NCC(=O)NC(C)(C)C)NCCC(OCC)C(C)C. The highest BCUT2D eigenvalue weighted by molar-refractivity contribution is 5.85. The lowest BCUT2D eigenvalue weighted by molar-refractivity contribution is -0.121. The molecule has 0 aliphatic heterocycles. The first-order valence-corrected chi connectivity index (χ1v) is 8.64. The molecule has 1 unspecified atom stereocenters. The highest BCUT2D eigenvalue weighted by Crippen LogP contribution is 2.09. The van der Waals surface area contributed by atoms with E-state index in [1.807, 2.05) is 34.6 Å². The van der Waals surface area contributed by atoms with Crippen molar-refractivity contribution in [3.05, 3.63) is 0 Å². The fourth-order valence-electron chi connectivity index (χ4n) is 2.11. The van der Waals surface area contributed by atoms with Crippen molar-refractivity contribution in [3.8, 4) is 0 Å². The molecule has 0 saturated carbocycles. The van der Waals surface area contributed by atoms with Crippen molar-refractivity contribution in [2.75, 3.05) is 26.2 Å². The third-order valence-corrected chi connectivity index (χ3v) is 3.09. The summed E-state index contributed by atoms with van der Waals surface area (Å²) in [5, 5.41) is 9.32. The Balaban J connectivity index is 4.39. The maximum Gasteiger partial charge on any atom is 0.242 e. The van der Waals surface area contributed by atoms with Crippen molar-refractivity contribution in [1.29, 1.82) is 0 Å². The minimum absolute atomic E-state index is 0.0796. The smallest absolute Gasteiger partial charge is 0.242 e. The van der Waals surface area contributed by atoms with Gasteiger partial charge in [0.1, 0.15) is 6.54 Å². The van der Waals surface area contributed by atoms with E-state index in [9.17, 15) is 4.79 Å². The topological polar surface area (TPSA) is 74.8 Å². The van der Waals surface area contributed by atoms with E-state index in [4.69, 9.17) is 4.74 Å². The second kappa shape index (κ2) is 11.3. The molecule has 6 nitrogen and oxygen atoms in total. The second-order valence-electron chi connectivity index (χ2n) is 6.95. The van der Waals surface area contributed by atoms with Crippen molar-refractivity contribution in [2.24, 2.45) is 10.9 Å². The Morgan fingerprint density at radius 1 is 1.17 bits per heavy atom. The van der Waals surface area contributed by atoms with Gasteiger partial charge in [-0.2, -0.15) is 0 Å². The average Bonchev–Trinajstić information content (AvgIpc) is 2.41. The van der Waals surface area contributed by atoms with Crippen LogP contribution in [0.3, 0.4) is 0 Å². The number of aliphatic imine (C=N–C) groups is 1. The Morgan fingerprint density at radius 3 is 2.30 bits per heavy atom. The molecule has 0 aromatic carbocycles. The molecular formula is C17H36N4O2. The second-order valence-corrected chi connectivity index (χ2v) is 6.95. The van der Waals surface area contributed by atoms with Crippen molar-refractivity contribution < 1.29 is 9.53 Å². The lowest BCUT2D eigenvalue weighted by atomic mass is 10.0. The van der Waals surface area contributed by atoms with E-state index in [-0.39, 0.29) is 24.1 Å². The molecule has 1 amide bonds. The van der Waals surface area contributed by atoms with Crippen LogP contribution in [0.1, 0.15) is 54.9 Å². The zero-order valence-corrected chi connectivity index (χ0v) is 16.0. The van der Waals surface area contributed by atoms with Gasteiger partial charge in [-0.3, -0.25) is 4.79 Å². The molecule has 136 valence electrons. The Kier molecular flexibility index (Phi) is 10.6. The van der Waals surface area contributed by atoms with E-state index in [1.165, 1.54) is 0 Å². The number of nitrogens with one attached hydrogen (secondary N) is 3. The first-order chi connectivity index (χ1) is 10.7. The number of amides is 1. The molecule has 1 atom stereocenters. The first-order valence-electron chi connectivity index (χ1n) is 8.64. The molecule has 0 fully saturated rings. The fourth-order valence-corrected chi connectivity index (χ4v) is 2.11. The molecule has 0 rings (SSSR count). The van der Waals surface area contributed by atoms with Gasteiger partial charge in [0.25, 0.3) is 0 Å². The molecule has 6 heteroatoms. The van der Waals surface area contributed by atoms with Crippen molar-refractivity contribution in [3.63, 3.8) is 0 Å². The largest absolute Gasteiger partial charge is 0.378 e. The van der Waals surface area contributed by atoms with Crippen LogP contribution >= 0.6 is 0 Å². The summed E-state index contributed by atoms with van der Waals surface area (Å²) in [5.74, 6) is 1.06. The quantitative estimate of drug-likeness (QED) is 0.446. The number of hydrogen-bond acceptors (Lipinski definition) is 3. The summed E-state index contributed by atoms with van der Waals surface area (Å²) in [6.45, 7) is 16.6. The predicted octanol–water partition coefficient (Wildman–Crippen LogP) is 1.91. The normalized spacial score (nSPS) is 13.8. The highest BCUT2D eigenvalue weighted by atomic mass is 16.5. The zero-order chi connectivity index (χ0) is 17.9. The van der Waals surface area contributed by atoms with Gasteiger partial charge in [-0.25, -0.2) is 4.99 Å². The van der Waals surface area contributed by atoms with Gasteiger partial charge < -0.3 is 20.7 Å². The summed E-state index contributed by atoms with van der Waals surface area (Å²) < 4.78 is 5.73. The van der Waals surface area contributed by atoms with E-state index < -0.39 is 0 Å². The van der Waals surface area contributed by atoms with Crippen LogP contribution in [0.5, 0.6) is 0 Å². The van der Waals surface area contributed by atoms with Gasteiger partial charge in [0.15, 0.2) is 5.96 Å². The van der Waals surface area contributed by atoms with Crippen LogP contribution in [0, 0.1) is 5.92 Å². The van der Waals surface area contributed by atoms with Crippen LogP contribution in [0.4, 0.5) is 0 Å². The molecule has 0 spiro atoms. The third kappa shape index (κ3) is 11.9. The van der Waals surface area contributed by atoms with Crippen LogP contribution in [0.15, 0.2) is 4.99 Å². The molecular weight excluding hydrogens is 292 g/mol. The molecule has 0 aromatic heterocycles. The Labute approximate surface area is 141 Å². The van der Waals surface area contributed by atoms with Gasteiger partial charge in [-0.05, 0) is 47.0 Å². The average molecular weight is 329 g/mol. The van der Waals surface area contributed by atoms with E-state index in [2.05, 4.69) is 34.8 Å². The molecule has 0 bridgehead atoms. The van der Waals surface area contributed by atoms with Crippen molar-refractivity contribution in [2.45, 2.75) is 66.5 Å². The van der Waals surface area contributed by atoms with Crippen molar-refractivity contribution in [1.82, 2.24) is 16.0 Å². The molecule has 3 N–H and O–H groups in total. The third-order valence-electron chi connectivity index (χ3n) is 3.09. The number of nitrogens with zero attached hydrogens (tertiary/aromatic N) is 1. The van der Waals surface area contributed by atoms with Gasteiger partial charge >= 0.3 is 0 Å². The number of ether oxygens (including phenoxy) is 1. The number of carbonyl (C=O) groups is 1. The summed E-state index contributed by atoms with van der Waals surface area (Å²) in [5.41, 5.74) is -0.236. The molecule has 0 heterocycles. The fraction of sp³-hybridized carbons (Fsp3) is 0.882. The molecule has 0 aliphatic carbocycles. The summed E-state index contributed by atoms with van der Waals surface area (Å²) >= 11 is 0. The number of hydrogen-bond donors (Lipinski definition) is 3. The Bertz CT molecular complexity index is 362. The predicted molar refractivity (Wildman–Crippen MR) is 96.7 cm³/mol. The Morgan fingerprint density at radius 2 is 1.83 bits per heavy atom. The van der Waals surface area contributed by atoms with E-state index in [0.29, 0.717) is 11.9 Å². The molecule has 0 aromatic rings. The standard InChI is InChI=1S/C17H36N4O2/c1-8-18-16(20-12-15(22)21-17(5,6)7)19-11-10-14(13(3)4)23-9-2/h13-14H,8-12H2,1-7H3,(H,21,22)(H2,18,19,20). The first kappa shape index (κ1) is 21.7. The van der Waals surface area contributed by atoms with Gasteiger partial charge in [-0.1, -0.05) is 13.8 Å². The Hall–Kier alpha value is -1.30. The number of rotatable bonds is 9. The monoisotopic (exact) mass is 328 g/mol. The van der Waals surface area contributed by atoms with Crippen LogP contribution in [0.2, 0.25) is 0 Å². The molecule has 23 heavy (non-hydrogen) atoms. The molecule has 0 radical (unpaired) electrons. The zero-order valence-electron chi connectivity index (χ0n) is 16.0. The summed E-state index contributed by atoms with van der Waals surface area (Å²) in [4.78, 5) is 16.2. The number of carbonyl (C=O) groups excluding carboxylic acids is 1. The molecule has 0 saturated heterocycles. The summed E-state index contributed by atoms with van der Waals surface area (Å²) in [6, 6.07) is 0. The van der Waals surface area contributed by atoms with Gasteiger partial charge in [0.05, 0.1) is 6.10 Å². The van der Waals surface area contributed by atoms with Gasteiger partial charge in [-0.15, -0.1) is 0 Å². The highest BCUT2D eigenvalue weighted by Gasteiger charge is 2.14. The van der Waals surface area contributed by atoms with Gasteiger partial charge in [0.2, 0.25) is 5.91 Å². The van der Waals surface area contributed by atoms with Crippen LogP contribution in [0.25, 0.3) is 0 Å². The van der Waals surface area contributed by atoms with E-state index >= 15 is 0 Å². The summed E-state index contributed by atoms with van der Waals surface area (Å²) in [7, 11) is 0. The minimum Gasteiger partial charge on any atom is -0.378 e. The van der Waals surface area contributed by atoms with Gasteiger partial charge in [0, 0.05) is 25.2 Å². The van der Waals surface area contributed by atoms with Crippen LogP contribution in [-0.4, -0.2) is 49.8 Å². The maximum atomic E-state index is 11.8. The maximum absolute atomic E-state index is 11.8. The lowest BCUT2D eigenvalue weighted by Gasteiger charge is -2.22.